The third-order valence-corrected chi connectivity index (χ3v) is 2.94. The Morgan fingerprint density at radius 1 is 1.31 bits per heavy atom. The fourth-order valence-corrected chi connectivity index (χ4v) is 2.07. The molecule has 1 fully saturated rings. The summed E-state index contributed by atoms with van der Waals surface area (Å²) in [5.74, 6) is -1.18. The quantitative estimate of drug-likeness (QED) is 0.815. The van der Waals surface area contributed by atoms with Crippen LogP contribution in [-0.2, 0) is 6.54 Å². The summed E-state index contributed by atoms with van der Waals surface area (Å²) >= 11 is 0. The molecule has 16 heavy (non-hydrogen) atoms. The van der Waals surface area contributed by atoms with Crippen molar-refractivity contribution < 1.29 is 15.0 Å². The minimum absolute atomic E-state index is 0.0169. The van der Waals surface area contributed by atoms with Gasteiger partial charge in [-0.25, -0.2) is 4.79 Å². The summed E-state index contributed by atoms with van der Waals surface area (Å²) in [5, 5.41) is 18.7. The van der Waals surface area contributed by atoms with E-state index in [0.29, 0.717) is 12.1 Å². The van der Waals surface area contributed by atoms with Crippen molar-refractivity contribution >= 4 is 5.97 Å². The standard InChI is InChI=1S/C12H15NO3/c14-11-9(8-13-6-1-2-7-13)4-3-5-10(11)12(15)16/h3-5,14H,1-2,6-8H2,(H,15,16). The summed E-state index contributed by atoms with van der Waals surface area (Å²) in [6.07, 6.45) is 2.36. The smallest absolute Gasteiger partial charge is 0.339 e. The molecule has 0 aromatic heterocycles. The Morgan fingerprint density at radius 3 is 2.62 bits per heavy atom. The molecule has 1 aliphatic rings. The molecule has 0 saturated carbocycles. The maximum atomic E-state index is 10.8. The molecule has 0 atom stereocenters. The zero-order valence-corrected chi connectivity index (χ0v) is 9.02. The largest absolute Gasteiger partial charge is 0.507 e. The Kier molecular flexibility index (Phi) is 3.10. The number of carboxylic acid groups (broad SMARTS) is 1. The second-order valence-electron chi connectivity index (χ2n) is 4.10. The summed E-state index contributed by atoms with van der Waals surface area (Å²) in [4.78, 5) is 13.1. The minimum Gasteiger partial charge on any atom is -0.507 e. The number of aromatic carboxylic acids is 1. The van der Waals surface area contributed by atoms with Crippen LogP contribution in [0, 0.1) is 0 Å². The van der Waals surface area contributed by atoms with Crippen LogP contribution in [0.1, 0.15) is 28.8 Å². The summed E-state index contributed by atoms with van der Waals surface area (Å²) in [7, 11) is 0. The lowest BCUT2D eigenvalue weighted by Gasteiger charge is -2.16. The van der Waals surface area contributed by atoms with Gasteiger partial charge in [0.1, 0.15) is 11.3 Å². The molecule has 0 spiro atoms. The first kappa shape index (κ1) is 11.0. The first-order valence-electron chi connectivity index (χ1n) is 5.45. The number of carbonyl (C=O) groups is 1. The number of hydrogen-bond donors (Lipinski definition) is 2. The van der Waals surface area contributed by atoms with Crippen molar-refractivity contribution in [1.82, 2.24) is 4.90 Å². The van der Waals surface area contributed by atoms with E-state index in [4.69, 9.17) is 5.11 Å². The van der Waals surface area contributed by atoms with E-state index in [9.17, 15) is 9.90 Å². The summed E-state index contributed by atoms with van der Waals surface area (Å²) in [6, 6.07) is 4.87. The third-order valence-electron chi connectivity index (χ3n) is 2.94. The van der Waals surface area contributed by atoms with E-state index in [0.717, 1.165) is 13.1 Å². The van der Waals surface area contributed by atoms with Crippen molar-refractivity contribution in [1.29, 1.82) is 0 Å². The van der Waals surface area contributed by atoms with Gasteiger partial charge in [-0.15, -0.1) is 0 Å². The van der Waals surface area contributed by atoms with E-state index in [-0.39, 0.29) is 11.3 Å². The van der Waals surface area contributed by atoms with E-state index in [1.54, 1.807) is 12.1 Å². The highest BCUT2D eigenvalue weighted by Gasteiger charge is 2.17. The molecule has 1 aliphatic heterocycles. The van der Waals surface area contributed by atoms with Crippen LogP contribution in [0.25, 0.3) is 0 Å². The molecular weight excluding hydrogens is 206 g/mol. The molecule has 0 bridgehead atoms. The SMILES string of the molecule is O=C(O)c1cccc(CN2CCCC2)c1O. The highest BCUT2D eigenvalue weighted by molar-refractivity contribution is 5.91. The van der Waals surface area contributed by atoms with Crippen LogP contribution in [0.2, 0.25) is 0 Å². The fraction of sp³-hybridized carbons (Fsp3) is 0.417. The summed E-state index contributed by atoms with van der Waals surface area (Å²) in [6.45, 7) is 2.68. The van der Waals surface area contributed by atoms with E-state index in [1.807, 2.05) is 0 Å². The molecule has 1 saturated heterocycles. The molecule has 0 amide bonds. The number of phenols is 1. The fourth-order valence-electron chi connectivity index (χ4n) is 2.07. The first-order valence-corrected chi connectivity index (χ1v) is 5.45. The van der Waals surface area contributed by atoms with Crippen molar-refractivity contribution in [3.8, 4) is 5.75 Å². The molecule has 4 nitrogen and oxygen atoms in total. The number of likely N-dealkylation sites (tertiary alicyclic amines) is 1. The van der Waals surface area contributed by atoms with Gasteiger partial charge in [-0.1, -0.05) is 12.1 Å². The van der Waals surface area contributed by atoms with Gasteiger partial charge in [-0.05, 0) is 32.0 Å². The highest BCUT2D eigenvalue weighted by atomic mass is 16.4. The maximum absolute atomic E-state index is 10.8. The van der Waals surface area contributed by atoms with Crippen molar-refractivity contribution in [2.45, 2.75) is 19.4 Å². The molecule has 0 radical (unpaired) electrons. The van der Waals surface area contributed by atoms with E-state index < -0.39 is 5.97 Å². The average Bonchev–Trinajstić information content (AvgIpc) is 2.73. The zero-order chi connectivity index (χ0) is 11.5. The number of benzene rings is 1. The van der Waals surface area contributed by atoms with Gasteiger partial charge in [-0.3, -0.25) is 4.90 Å². The van der Waals surface area contributed by atoms with Gasteiger partial charge >= 0.3 is 5.97 Å². The van der Waals surface area contributed by atoms with Crippen LogP contribution >= 0.6 is 0 Å². The molecule has 1 aromatic rings. The lowest BCUT2D eigenvalue weighted by molar-refractivity contribution is 0.0693. The van der Waals surface area contributed by atoms with E-state index in [1.165, 1.54) is 18.9 Å². The molecular formula is C12H15NO3. The maximum Gasteiger partial charge on any atom is 0.339 e. The van der Waals surface area contributed by atoms with Crippen LogP contribution in [0.5, 0.6) is 5.75 Å². The Balaban J connectivity index is 2.20. The molecule has 0 unspecified atom stereocenters. The average molecular weight is 221 g/mol. The van der Waals surface area contributed by atoms with Crippen LogP contribution in [0.15, 0.2) is 18.2 Å². The van der Waals surface area contributed by atoms with Crippen molar-refractivity contribution in [3.63, 3.8) is 0 Å². The number of nitrogens with zero attached hydrogens (tertiary/aromatic N) is 1. The molecule has 2 rings (SSSR count). The van der Waals surface area contributed by atoms with Gasteiger partial charge in [0.15, 0.2) is 0 Å². The van der Waals surface area contributed by atoms with Crippen LogP contribution < -0.4 is 0 Å². The topological polar surface area (TPSA) is 60.8 Å². The normalized spacial score (nSPS) is 16.5. The van der Waals surface area contributed by atoms with Gasteiger partial charge in [0.2, 0.25) is 0 Å². The van der Waals surface area contributed by atoms with Crippen molar-refractivity contribution in [2.24, 2.45) is 0 Å². The minimum atomic E-state index is -1.08. The summed E-state index contributed by atoms with van der Waals surface area (Å²) < 4.78 is 0. The second kappa shape index (κ2) is 4.53. The number of para-hydroxylation sites is 1. The van der Waals surface area contributed by atoms with Crippen LogP contribution in [-0.4, -0.2) is 34.2 Å². The predicted octanol–water partition coefficient (Wildman–Crippen LogP) is 1.69. The number of aromatic hydroxyl groups is 1. The van der Waals surface area contributed by atoms with Gasteiger partial charge in [0.25, 0.3) is 0 Å². The van der Waals surface area contributed by atoms with E-state index in [2.05, 4.69) is 4.90 Å². The summed E-state index contributed by atoms with van der Waals surface area (Å²) in [5.41, 5.74) is 0.679. The predicted molar refractivity (Wildman–Crippen MR) is 59.6 cm³/mol. The molecule has 4 heteroatoms. The Hall–Kier alpha value is -1.55. The Morgan fingerprint density at radius 2 is 2.00 bits per heavy atom. The zero-order valence-electron chi connectivity index (χ0n) is 9.02. The lowest BCUT2D eigenvalue weighted by Crippen LogP contribution is -2.18. The van der Waals surface area contributed by atoms with Gasteiger partial charge in [-0.2, -0.15) is 0 Å². The molecule has 0 aliphatic carbocycles. The monoisotopic (exact) mass is 221 g/mol. The lowest BCUT2D eigenvalue weighted by atomic mass is 10.1. The third kappa shape index (κ3) is 2.17. The first-order chi connectivity index (χ1) is 7.68. The van der Waals surface area contributed by atoms with Crippen molar-refractivity contribution in [3.05, 3.63) is 29.3 Å². The van der Waals surface area contributed by atoms with Gasteiger partial charge in [0.05, 0.1) is 0 Å². The van der Waals surface area contributed by atoms with E-state index >= 15 is 0 Å². The number of hydrogen-bond acceptors (Lipinski definition) is 3. The Labute approximate surface area is 94.1 Å². The Bertz CT molecular complexity index is 397. The van der Waals surface area contributed by atoms with Crippen LogP contribution in [0.4, 0.5) is 0 Å². The molecule has 2 N–H and O–H groups in total. The molecule has 1 heterocycles. The van der Waals surface area contributed by atoms with Crippen LogP contribution in [0.3, 0.4) is 0 Å². The number of rotatable bonds is 3. The van der Waals surface area contributed by atoms with Gasteiger partial charge in [0, 0.05) is 12.1 Å². The van der Waals surface area contributed by atoms with Gasteiger partial charge < -0.3 is 10.2 Å². The van der Waals surface area contributed by atoms with Crippen molar-refractivity contribution in [2.75, 3.05) is 13.1 Å². The molecule has 86 valence electrons. The highest BCUT2D eigenvalue weighted by Crippen LogP contribution is 2.25. The number of carboxylic acids is 1. The second-order valence-corrected chi connectivity index (χ2v) is 4.10. The molecule has 1 aromatic carbocycles.